The van der Waals surface area contributed by atoms with E-state index in [1.165, 1.54) is 29.8 Å². The highest BCUT2D eigenvalue weighted by atomic mass is 15.3. The highest BCUT2D eigenvalue weighted by Gasteiger charge is 2.42. The lowest BCUT2D eigenvalue weighted by Gasteiger charge is -2.45. The molecule has 19 heavy (non-hydrogen) atoms. The highest BCUT2D eigenvalue weighted by Crippen LogP contribution is 2.46. The van der Waals surface area contributed by atoms with E-state index in [4.69, 9.17) is 5.10 Å². The Morgan fingerprint density at radius 2 is 2.00 bits per heavy atom. The predicted octanol–water partition coefficient (Wildman–Crippen LogP) is 3.57. The molecule has 0 spiro atoms. The largest absolute Gasteiger partial charge is 0.314 e. The minimum absolute atomic E-state index is 0.456. The first kappa shape index (κ1) is 14.6. The average molecular weight is 263 g/mol. The average Bonchev–Trinajstić information content (AvgIpc) is 2.61. The van der Waals surface area contributed by atoms with Crippen LogP contribution in [0.2, 0.25) is 0 Å². The van der Waals surface area contributed by atoms with Crippen LogP contribution < -0.4 is 5.32 Å². The Morgan fingerprint density at radius 3 is 2.47 bits per heavy atom. The summed E-state index contributed by atoms with van der Waals surface area (Å²) < 4.78 is 2.19. The fourth-order valence-electron chi connectivity index (χ4n) is 3.82. The van der Waals surface area contributed by atoms with Crippen molar-refractivity contribution in [3.8, 4) is 0 Å². The molecular weight excluding hydrogens is 234 g/mol. The van der Waals surface area contributed by atoms with E-state index >= 15 is 0 Å². The smallest absolute Gasteiger partial charge is 0.0631 e. The summed E-state index contributed by atoms with van der Waals surface area (Å²) in [6.07, 6.45) is 2.53. The molecule has 3 atom stereocenters. The molecule has 3 heteroatoms. The van der Waals surface area contributed by atoms with E-state index in [1.807, 2.05) is 0 Å². The van der Waals surface area contributed by atoms with Gasteiger partial charge in [-0.1, -0.05) is 20.3 Å². The SMILES string of the molecule is CCNC1CC(c2c(C)nn(C(C)C)c2C)C1CC. The maximum atomic E-state index is 4.75. The van der Waals surface area contributed by atoms with Crippen molar-refractivity contribution in [2.75, 3.05) is 6.54 Å². The Bertz CT molecular complexity index is 433. The molecule has 2 rings (SSSR count). The lowest BCUT2D eigenvalue weighted by atomic mass is 9.64. The number of hydrogen-bond acceptors (Lipinski definition) is 2. The van der Waals surface area contributed by atoms with Gasteiger partial charge < -0.3 is 5.32 Å². The number of aromatic nitrogens is 2. The molecule has 1 aliphatic rings. The molecule has 1 heterocycles. The zero-order valence-corrected chi connectivity index (χ0v) is 13.3. The molecule has 0 amide bonds. The van der Waals surface area contributed by atoms with E-state index in [9.17, 15) is 0 Å². The van der Waals surface area contributed by atoms with Crippen molar-refractivity contribution < 1.29 is 0 Å². The minimum Gasteiger partial charge on any atom is -0.314 e. The van der Waals surface area contributed by atoms with Gasteiger partial charge in [-0.05, 0) is 58.1 Å². The van der Waals surface area contributed by atoms with Crippen LogP contribution in [0.5, 0.6) is 0 Å². The fraction of sp³-hybridized carbons (Fsp3) is 0.812. The van der Waals surface area contributed by atoms with Crippen molar-refractivity contribution in [1.29, 1.82) is 0 Å². The molecule has 1 aliphatic carbocycles. The number of rotatable bonds is 5. The molecule has 0 radical (unpaired) electrons. The standard InChI is InChI=1S/C16H29N3/c1-7-13-14(9-15(13)17-8-2)16-11(5)18-19(10(3)4)12(16)6/h10,13-15,17H,7-9H2,1-6H3. The van der Waals surface area contributed by atoms with Gasteiger partial charge in [0.1, 0.15) is 0 Å². The van der Waals surface area contributed by atoms with Crippen LogP contribution in [0.3, 0.4) is 0 Å². The Labute approximate surface area is 117 Å². The van der Waals surface area contributed by atoms with Crippen LogP contribution in [-0.4, -0.2) is 22.4 Å². The summed E-state index contributed by atoms with van der Waals surface area (Å²) in [5.74, 6) is 1.49. The first-order chi connectivity index (χ1) is 9.01. The van der Waals surface area contributed by atoms with Gasteiger partial charge >= 0.3 is 0 Å². The monoisotopic (exact) mass is 263 g/mol. The third kappa shape index (κ3) is 2.45. The van der Waals surface area contributed by atoms with Crippen LogP contribution in [0.25, 0.3) is 0 Å². The maximum Gasteiger partial charge on any atom is 0.0631 e. The molecule has 108 valence electrons. The fourth-order valence-corrected chi connectivity index (χ4v) is 3.82. The van der Waals surface area contributed by atoms with Gasteiger partial charge in [-0.25, -0.2) is 0 Å². The van der Waals surface area contributed by atoms with Crippen molar-refractivity contribution in [2.45, 2.75) is 72.4 Å². The lowest BCUT2D eigenvalue weighted by Crippen LogP contribution is -2.49. The van der Waals surface area contributed by atoms with Crippen LogP contribution in [0, 0.1) is 19.8 Å². The van der Waals surface area contributed by atoms with Gasteiger partial charge in [0, 0.05) is 17.8 Å². The Morgan fingerprint density at radius 1 is 1.32 bits per heavy atom. The van der Waals surface area contributed by atoms with Crippen LogP contribution >= 0.6 is 0 Å². The molecule has 0 aliphatic heterocycles. The summed E-state index contributed by atoms with van der Waals surface area (Å²) in [7, 11) is 0. The van der Waals surface area contributed by atoms with Gasteiger partial charge in [-0.2, -0.15) is 5.10 Å². The summed E-state index contributed by atoms with van der Waals surface area (Å²) in [5.41, 5.74) is 4.14. The summed E-state index contributed by atoms with van der Waals surface area (Å²) in [6.45, 7) is 14.4. The number of aryl methyl sites for hydroxylation is 1. The maximum absolute atomic E-state index is 4.75. The summed E-state index contributed by atoms with van der Waals surface area (Å²) >= 11 is 0. The van der Waals surface area contributed by atoms with E-state index in [2.05, 4.69) is 51.5 Å². The van der Waals surface area contributed by atoms with Gasteiger partial charge in [0.25, 0.3) is 0 Å². The zero-order chi connectivity index (χ0) is 14.2. The van der Waals surface area contributed by atoms with E-state index < -0.39 is 0 Å². The molecule has 3 nitrogen and oxygen atoms in total. The normalized spacial score (nSPS) is 26.8. The minimum atomic E-state index is 0.456. The quantitative estimate of drug-likeness (QED) is 0.880. The molecule has 0 saturated heterocycles. The molecule has 1 aromatic rings. The van der Waals surface area contributed by atoms with Crippen molar-refractivity contribution in [1.82, 2.24) is 15.1 Å². The second kappa shape index (κ2) is 5.66. The number of hydrogen-bond donors (Lipinski definition) is 1. The molecule has 1 N–H and O–H groups in total. The van der Waals surface area contributed by atoms with Crippen LogP contribution in [0.1, 0.15) is 69.4 Å². The third-order valence-electron chi connectivity index (χ3n) is 4.72. The Hall–Kier alpha value is -0.830. The number of nitrogens with zero attached hydrogens (tertiary/aromatic N) is 2. The van der Waals surface area contributed by atoms with Crippen LogP contribution in [0.15, 0.2) is 0 Å². The van der Waals surface area contributed by atoms with E-state index in [-0.39, 0.29) is 0 Å². The summed E-state index contributed by atoms with van der Waals surface area (Å²) in [5, 5.41) is 8.37. The zero-order valence-electron chi connectivity index (χ0n) is 13.3. The summed E-state index contributed by atoms with van der Waals surface area (Å²) in [6, 6.07) is 1.17. The lowest BCUT2D eigenvalue weighted by molar-refractivity contribution is 0.161. The van der Waals surface area contributed by atoms with Crippen molar-refractivity contribution in [3.05, 3.63) is 17.0 Å². The van der Waals surface area contributed by atoms with Crippen molar-refractivity contribution in [2.24, 2.45) is 5.92 Å². The van der Waals surface area contributed by atoms with E-state index in [0.717, 1.165) is 12.5 Å². The molecule has 0 bridgehead atoms. The highest BCUT2D eigenvalue weighted by molar-refractivity contribution is 5.33. The van der Waals surface area contributed by atoms with Gasteiger partial charge in [-0.3, -0.25) is 4.68 Å². The molecule has 1 fully saturated rings. The van der Waals surface area contributed by atoms with E-state index in [0.29, 0.717) is 18.0 Å². The second-order valence-corrected chi connectivity index (χ2v) is 6.20. The topological polar surface area (TPSA) is 29.9 Å². The Kier molecular flexibility index (Phi) is 4.34. The molecule has 1 saturated carbocycles. The molecule has 3 unspecified atom stereocenters. The summed E-state index contributed by atoms with van der Waals surface area (Å²) in [4.78, 5) is 0. The third-order valence-corrected chi connectivity index (χ3v) is 4.72. The first-order valence-corrected chi connectivity index (χ1v) is 7.80. The molecule has 0 aromatic carbocycles. The number of nitrogens with one attached hydrogen (secondary N) is 1. The second-order valence-electron chi connectivity index (χ2n) is 6.20. The van der Waals surface area contributed by atoms with Crippen molar-refractivity contribution in [3.63, 3.8) is 0 Å². The Balaban J connectivity index is 2.24. The van der Waals surface area contributed by atoms with Gasteiger partial charge in [0.05, 0.1) is 5.69 Å². The molecular formula is C16H29N3. The first-order valence-electron chi connectivity index (χ1n) is 7.80. The van der Waals surface area contributed by atoms with Gasteiger partial charge in [-0.15, -0.1) is 0 Å². The van der Waals surface area contributed by atoms with Crippen LogP contribution in [0.4, 0.5) is 0 Å². The predicted molar refractivity (Wildman–Crippen MR) is 80.7 cm³/mol. The van der Waals surface area contributed by atoms with Gasteiger partial charge in [0.2, 0.25) is 0 Å². The molecule has 1 aromatic heterocycles. The van der Waals surface area contributed by atoms with E-state index in [1.54, 1.807) is 0 Å². The van der Waals surface area contributed by atoms with Crippen molar-refractivity contribution >= 4 is 0 Å². The van der Waals surface area contributed by atoms with Crippen LogP contribution in [-0.2, 0) is 0 Å². The van der Waals surface area contributed by atoms with Gasteiger partial charge in [0.15, 0.2) is 0 Å².